The maximum atomic E-state index is 13.6. The first-order valence-electron chi connectivity index (χ1n) is 10.6. The van der Waals surface area contributed by atoms with E-state index < -0.39 is 5.97 Å². The summed E-state index contributed by atoms with van der Waals surface area (Å²) >= 11 is 0. The van der Waals surface area contributed by atoms with Crippen LogP contribution >= 0.6 is 0 Å². The third kappa shape index (κ3) is 4.01. The van der Waals surface area contributed by atoms with Crippen molar-refractivity contribution in [2.75, 3.05) is 26.9 Å². The number of benzene rings is 1. The highest BCUT2D eigenvalue weighted by Crippen LogP contribution is 2.39. The largest absolute Gasteiger partial charge is 0.491 e. The second-order valence-corrected chi connectivity index (χ2v) is 8.52. The molecule has 30 heavy (non-hydrogen) atoms. The van der Waals surface area contributed by atoms with Gasteiger partial charge in [-0.05, 0) is 31.4 Å². The van der Waals surface area contributed by atoms with Gasteiger partial charge in [-0.3, -0.25) is 4.79 Å². The summed E-state index contributed by atoms with van der Waals surface area (Å²) in [6, 6.07) is 5.18. The van der Waals surface area contributed by atoms with Crippen molar-refractivity contribution in [3.8, 4) is 5.75 Å². The molecule has 4 rings (SSSR count). The minimum Gasteiger partial charge on any atom is -0.491 e. The Morgan fingerprint density at radius 3 is 2.80 bits per heavy atom. The maximum Gasteiger partial charge on any atom is 0.337 e. The molecular formula is C24H29NO5. The van der Waals surface area contributed by atoms with Gasteiger partial charge in [0.15, 0.2) is 0 Å². The minimum atomic E-state index is -0.401. The van der Waals surface area contributed by atoms with Gasteiger partial charge in [-0.1, -0.05) is 37.3 Å². The highest BCUT2D eigenvalue weighted by Gasteiger charge is 2.42. The number of amides is 1. The van der Waals surface area contributed by atoms with Gasteiger partial charge in [-0.25, -0.2) is 4.79 Å². The van der Waals surface area contributed by atoms with E-state index in [4.69, 9.17) is 14.2 Å². The summed E-state index contributed by atoms with van der Waals surface area (Å²) < 4.78 is 16.6. The van der Waals surface area contributed by atoms with Gasteiger partial charge in [0, 0.05) is 24.1 Å². The lowest BCUT2D eigenvalue weighted by Gasteiger charge is -2.43. The summed E-state index contributed by atoms with van der Waals surface area (Å²) in [6.45, 7) is 4.19. The van der Waals surface area contributed by atoms with Gasteiger partial charge in [0.1, 0.15) is 12.4 Å². The molecule has 1 saturated heterocycles. The number of hydrogen-bond acceptors (Lipinski definition) is 5. The third-order valence-corrected chi connectivity index (χ3v) is 6.44. The quantitative estimate of drug-likeness (QED) is 0.712. The number of carbonyl (C=O) groups is 2. The van der Waals surface area contributed by atoms with E-state index in [1.54, 1.807) is 12.1 Å². The Morgan fingerprint density at radius 1 is 1.23 bits per heavy atom. The monoisotopic (exact) mass is 411 g/mol. The number of carbonyl (C=O) groups excluding carboxylic acids is 2. The Hall–Kier alpha value is -2.60. The van der Waals surface area contributed by atoms with Crippen LogP contribution in [0.3, 0.4) is 0 Å². The summed E-state index contributed by atoms with van der Waals surface area (Å²) in [5.41, 5.74) is 1.11. The lowest BCUT2D eigenvalue weighted by molar-refractivity contribution is -0.145. The average molecular weight is 411 g/mol. The van der Waals surface area contributed by atoms with Crippen molar-refractivity contribution < 1.29 is 23.8 Å². The van der Waals surface area contributed by atoms with Crippen molar-refractivity contribution >= 4 is 11.9 Å². The molecule has 0 aromatic heterocycles. The molecule has 0 bridgehead atoms. The number of hydrogen-bond donors (Lipinski definition) is 0. The van der Waals surface area contributed by atoms with Crippen LogP contribution in [-0.4, -0.2) is 49.7 Å². The molecule has 1 aromatic carbocycles. The Bertz CT molecular complexity index is 870. The lowest BCUT2D eigenvalue weighted by atomic mass is 9.76. The SMILES string of the molecule is COC(=O)c1ccc2c(c1)OC[C@H](C1(C)C=CC=CC1)N(C(=O)[C@@H]1CCCOC1)C2. The van der Waals surface area contributed by atoms with Crippen LogP contribution in [0.1, 0.15) is 42.1 Å². The van der Waals surface area contributed by atoms with E-state index in [0.29, 0.717) is 31.1 Å². The van der Waals surface area contributed by atoms with E-state index in [1.165, 1.54) is 7.11 Å². The predicted molar refractivity (Wildman–Crippen MR) is 112 cm³/mol. The molecule has 3 atom stereocenters. The van der Waals surface area contributed by atoms with Gasteiger partial charge in [0.25, 0.3) is 0 Å². The minimum absolute atomic E-state index is 0.121. The highest BCUT2D eigenvalue weighted by molar-refractivity contribution is 5.90. The van der Waals surface area contributed by atoms with Gasteiger partial charge in [0.2, 0.25) is 5.91 Å². The van der Waals surface area contributed by atoms with Crippen molar-refractivity contribution in [3.63, 3.8) is 0 Å². The Kier molecular flexibility index (Phi) is 5.95. The van der Waals surface area contributed by atoms with Gasteiger partial charge >= 0.3 is 5.97 Å². The van der Waals surface area contributed by atoms with E-state index in [-0.39, 0.29) is 23.3 Å². The van der Waals surface area contributed by atoms with Gasteiger partial charge < -0.3 is 19.1 Å². The molecule has 2 heterocycles. The molecule has 6 heteroatoms. The van der Waals surface area contributed by atoms with E-state index in [2.05, 4.69) is 19.1 Å². The summed E-state index contributed by atoms with van der Waals surface area (Å²) in [5, 5.41) is 0. The number of methoxy groups -OCH3 is 1. The smallest absolute Gasteiger partial charge is 0.337 e. The van der Waals surface area contributed by atoms with Crippen molar-refractivity contribution in [3.05, 3.63) is 53.6 Å². The number of allylic oxidation sites excluding steroid dienone is 3. The van der Waals surface area contributed by atoms with Crippen LogP contribution in [-0.2, 0) is 20.8 Å². The predicted octanol–water partition coefficient (Wildman–Crippen LogP) is 3.51. The summed E-state index contributed by atoms with van der Waals surface area (Å²) in [5.74, 6) is 0.236. The van der Waals surface area contributed by atoms with Crippen molar-refractivity contribution in [1.29, 1.82) is 0 Å². The zero-order valence-corrected chi connectivity index (χ0v) is 17.6. The van der Waals surface area contributed by atoms with Gasteiger partial charge in [-0.15, -0.1) is 0 Å². The first-order chi connectivity index (χ1) is 14.5. The highest BCUT2D eigenvalue weighted by atomic mass is 16.5. The van der Waals surface area contributed by atoms with Crippen LogP contribution < -0.4 is 4.74 Å². The Labute approximate surface area is 177 Å². The molecule has 3 aliphatic rings. The standard InChI is InChI=1S/C24H29NO5/c1-24(10-4-3-5-11-24)21-16-30-20-13-17(23(27)28-2)8-9-18(20)14-25(21)22(26)19-7-6-12-29-15-19/h3-5,8-10,13,19,21H,6-7,11-12,14-16H2,1-2H3/t19-,21-,24?/m1/s1. The molecule has 0 saturated carbocycles. The number of esters is 1. The van der Waals surface area contributed by atoms with Crippen LogP contribution in [0.5, 0.6) is 5.75 Å². The van der Waals surface area contributed by atoms with E-state index in [9.17, 15) is 9.59 Å². The molecule has 6 nitrogen and oxygen atoms in total. The third-order valence-electron chi connectivity index (χ3n) is 6.44. The van der Waals surface area contributed by atoms with Crippen LogP contribution in [0.4, 0.5) is 0 Å². The second-order valence-electron chi connectivity index (χ2n) is 8.52. The average Bonchev–Trinajstić information content (AvgIpc) is 2.98. The molecule has 1 fully saturated rings. The number of ether oxygens (including phenoxy) is 3. The first-order valence-corrected chi connectivity index (χ1v) is 10.6. The van der Waals surface area contributed by atoms with Crippen LogP contribution in [0.2, 0.25) is 0 Å². The number of rotatable bonds is 3. The molecule has 1 aromatic rings. The molecule has 1 aliphatic carbocycles. The van der Waals surface area contributed by atoms with Crippen LogP contribution in [0, 0.1) is 11.3 Å². The number of nitrogens with zero attached hydrogens (tertiary/aromatic N) is 1. The fourth-order valence-corrected chi connectivity index (χ4v) is 4.56. The Balaban J connectivity index is 1.68. The topological polar surface area (TPSA) is 65.1 Å². The molecule has 0 N–H and O–H groups in total. The molecule has 2 aliphatic heterocycles. The summed E-state index contributed by atoms with van der Waals surface area (Å²) in [4.78, 5) is 27.5. The molecule has 0 radical (unpaired) electrons. The molecule has 1 amide bonds. The molecule has 160 valence electrons. The Morgan fingerprint density at radius 2 is 2.10 bits per heavy atom. The molecule has 0 spiro atoms. The molecule has 1 unspecified atom stereocenters. The summed E-state index contributed by atoms with van der Waals surface area (Å²) in [7, 11) is 1.36. The van der Waals surface area contributed by atoms with Gasteiger partial charge in [0.05, 0.1) is 31.2 Å². The number of fused-ring (bicyclic) bond motifs is 1. The fraction of sp³-hybridized carbons (Fsp3) is 0.500. The van der Waals surface area contributed by atoms with Crippen molar-refractivity contribution in [2.24, 2.45) is 11.3 Å². The van der Waals surface area contributed by atoms with E-state index in [0.717, 1.165) is 31.4 Å². The van der Waals surface area contributed by atoms with E-state index in [1.807, 2.05) is 23.1 Å². The summed E-state index contributed by atoms with van der Waals surface area (Å²) in [6.07, 6.45) is 11.0. The zero-order chi connectivity index (χ0) is 21.1. The van der Waals surface area contributed by atoms with Crippen LogP contribution in [0.25, 0.3) is 0 Å². The van der Waals surface area contributed by atoms with Gasteiger partial charge in [-0.2, -0.15) is 0 Å². The molecular weight excluding hydrogens is 382 g/mol. The maximum absolute atomic E-state index is 13.6. The fourth-order valence-electron chi connectivity index (χ4n) is 4.56. The lowest BCUT2D eigenvalue weighted by Crippen LogP contribution is -2.53. The van der Waals surface area contributed by atoms with E-state index >= 15 is 0 Å². The first kappa shape index (κ1) is 20.7. The van der Waals surface area contributed by atoms with Crippen molar-refractivity contribution in [2.45, 2.75) is 38.8 Å². The normalized spacial score (nSPS) is 28.3. The van der Waals surface area contributed by atoms with Crippen LogP contribution in [0.15, 0.2) is 42.5 Å². The zero-order valence-electron chi connectivity index (χ0n) is 17.6. The second kappa shape index (κ2) is 8.64. The van der Waals surface area contributed by atoms with Crippen molar-refractivity contribution in [1.82, 2.24) is 4.90 Å².